The maximum Gasteiger partial charge on any atom is 0.317 e. The van der Waals surface area contributed by atoms with Gasteiger partial charge in [0.1, 0.15) is 0 Å². The molecule has 2 aliphatic rings. The van der Waals surface area contributed by atoms with Gasteiger partial charge in [-0.2, -0.15) is 0 Å². The molecule has 1 fully saturated rings. The zero-order valence-electron chi connectivity index (χ0n) is 10.7. The number of nitrogens with zero attached hydrogens (tertiary/aromatic N) is 1. The van der Waals surface area contributed by atoms with Crippen molar-refractivity contribution < 1.29 is 14.3 Å². The van der Waals surface area contributed by atoms with E-state index in [0.29, 0.717) is 0 Å². The molecule has 0 radical (unpaired) electrons. The number of likely N-dealkylation sites (tertiary alicyclic amines) is 1. The van der Waals surface area contributed by atoms with Crippen molar-refractivity contribution in [1.29, 1.82) is 0 Å². The van der Waals surface area contributed by atoms with Gasteiger partial charge in [-0.25, -0.2) is 4.79 Å². The number of hydrogen-bond donors (Lipinski definition) is 1. The van der Waals surface area contributed by atoms with Gasteiger partial charge in [-0.1, -0.05) is 12.2 Å². The van der Waals surface area contributed by atoms with E-state index in [-0.39, 0.29) is 24.0 Å². The molecule has 1 aliphatic carbocycles. The Hall–Kier alpha value is -1.52. The van der Waals surface area contributed by atoms with E-state index < -0.39 is 0 Å². The van der Waals surface area contributed by atoms with E-state index in [1.54, 1.807) is 4.90 Å². The molecule has 0 aromatic heterocycles. The molecule has 100 valence electrons. The van der Waals surface area contributed by atoms with Crippen molar-refractivity contribution in [2.24, 2.45) is 5.92 Å². The molecule has 1 N–H and O–H groups in total. The highest BCUT2D eigenvalue weighted by molar-refractivity contribution is 5.78. The number of hydrogen-bond acceptors (Lipinski definition) is 3. The van der Waals surface area contributed by atoms with E-state index in [9.17, 15) is 9.59 Å². The SMILES string of the molecule is COC(=O)C1CCC=CC1NC(=O)N1CCCC1. The highest BCUT2D eigenvalue weighted by Crippen LogP contribution is 2.21. The molecule has 2 atom stereocenters. The van der Waals surface area contributed by atoms with Crippen LogP contribution in [0.25, 0.3) is 0 Å². The molecular weight excluding hydrogens is 232 g/mol. The van der Waals surface area contributed by atoms with Crippen LogP contribution >= 0.6 is 0 Å². The fourth-order valence-corrected chi connectivity index (χ4v) is 2.55. The van der Waals surface area contributed by atoms with Crippen LogP contribution in [0.2, 0.25) is 0 Å². The molecule has 2 rings (SSSR count). The summed E-state index contributed by atoms with van der Waals surface area (Å²) in [6, 6.07) is -0.308. The van der Waals surface area contributed by atoms with Gasteiger partial charge in [0.15, 0.2) is 0 Å². The lowest BCUT2D eigenvalue weighted by molar-refractivity contribution is -0.146. The monoisotopic (exact) mass is 252 g/mol. The first-order valence-corrected chi connectivity index (χ1v) is 6.52. The third-order valence-electron chi connectivity index (χ3n) is 3.61. The van der Waals surface area contributed by atoms with Gasteiger partial charge in [0.2, 0.25) is 0 Å². The number of rotatable bonds is 2. The number of amides is 2. The average Bonchev–Trinajstić information content (AvgIpc) is 2.92. The Kier molecular flexibility index (Phi) is 4.23. The molecular formula is C13H20N2O3. The summed E-state index contributed by atoms with van der Waals surface area (Å²) in [5.41, 5.74) is 0. The van der Waals surface area contributed by atoms with Crippen LogP contribution in [0.1, 0.15) is 25.7 Å². The Morgan fingerprint density at radius 2 is 2.06 bits per heavy atom. The van der Waals surface area contributed by atoms with Gasteiger partial charge in [0, 0.05) is 13.1 Å². The molecule has 5 heteroatoms. The number of carbonyl (C=O) groups is 2. The summed E-state index contributed by atoms with van der Waals surface area (Å²) >= 11 is 0. The minimum atomic E-state index is -0.258. The predicted octanol–water partition coefficient (Wildman–Crippen LogP) is 1.30. The number of nitrogens with one attached hydrogen (secondary N) is 1. The van der Waals surface area contributed by atoms with Crippen molar-refractivity contribution in [3.05, 3.63) is 12.2 Å². The van der Waals surface area contributed by atoms with Crippen molar-refractivity contribution in [3.63, 3.8) is 0 Å². The minimum absolute atomic E-state index is 0.0713. The quantitative estimate of drug-likeness (QED) is 0.595. The van der Waals surface area contributed by atoms with E-state index in [1.165, 1.54) is 7.11 Å². The van der Waals surface area contributed by atoms with Crippen LogP contribution in [0.15, 0.2) is 12.2 Å². The summed E-state index contributed by atoms with van der Waals surface area (Å²) in [5.74, 6) is -0.502. The second-order valence-corrected chi connectivity index (χ2v) is 4.80. The van der Waals surface area contributed by atoms with Crippen LogP contribution in [0, 0.1) is 5.92 Å². The van der Waals surface area contributed by atoms with Crippen molar-refractivity contribution >= 4 is 12.0 Å². The fraction of sp³-hybridized carbons (Fsp3) is 0.692. The van der Waals surface area contributed by atoms with Crippen LogP contribution in [0.5, 0.6) is 0 Å². The maximum absolute atomic E-state index is 12.0. The maximum atomic E-state index is 12.0. The normalized spacial score (nSPS) is 27.1. The molecule has 2 unspecified atom stereocenters. The van der Waals surface area contributed by atoms with Crippen LogP contribution < -0.4 is 5.32 Å². The van der Waals surface area contributed by atoms with Gasteiger partial charge in [0.05, 0.1) is 19.1 Å². The largest absolute Gasteiger partial charge is 0.469 e. The molecule has 0 aromatic carbocycles. The van der Waals surface area contributed by atoms with Gasteiger partial charge in [-0.3, -0.25) is 4.79 Å². The zero-order chi connectivity index (χ0) is 13.0. The number of carbonyl (C=O) groups excluding carboxylic acids is 2. The summed E-state index contributed by atoms with van der Waals surface area (Å²) in [6.45, 7) is 1.62. The number of esters is 1. The Morgan fingerprint density at radius 3 is 2.72 bits per heavy atom. The molecule has 2 amide bonds. The lowest BCUT2D eigenvalue weighted by atomic mass is 9.89. The Balaban J connectivity index is 1.96. The molecule has 5 nitrogen and oxygen atoms in total. The third kappa shape index (κ3) is 2.83. The second kappa shape index (κ2) is 5.89. The number of allylic oxidation sites excluding steroid dienone is 1. The number of ether oxygens (including phenoxy) is 1. The van der Waals surface area contributed by atoms with Crippen molar-refractivity contribution in [2.45, 2.75) is 31.7 Å². The second-order valence-electron chi connectivity index (χ2n) is 4.80. The lowest BCUT2D eigenvalue weighted by Gasteiger charge is -2.28. The van der Waals surface area contributed by atoms with Crippen LogP contribution in [-0.2, 0) is 9.53 Å². The standard InChI is InChI=1S/C13H20N2O3/c1-18-12(16)10-6-2-3-7-11(10)14-13(17)15-8-4-5-9-15/h3,7,10-11H,2,4-6,8-9H2,1H3,(H,14,17). The fourth-order valence-electron chi connectivity index (χ4n) is 2.55. The Bertz CT molecular complexity index is 348. The first kappa shape index (κ1) is 12.9. The lowest BCUT2D eigenvalue weighted by Crippen LogP contribution is -2.48. The molecule has 1 heterocycles. The van der Waals surface area contributed by atoms with Gasteiger partial charge < -0.3 is 15.0 Å². The first-order chi connectivity index (χ1) is 8.72. The smallest absolute Gasteiger partial charge is 0.317 e. The molecule has 0 bridgehead atoms. The van der Waals surface area contributed by atoms with E-state index in [1.807, 2.05) is 12.2 Å². The van der Waals surface area contributed by atoms with E-state index >= 15 is 0 Å². The predicted molar refractivity (Wildman–Crippen MR) is 67.0 cm³/mol. The number of methoxy groups -OCH3 is 1. The van der Waals surface area contributed by atoms with Crippen molar-refractivity contribution in [1.82, 2.24) is 10.2 Å². The highest BCUT2D eigenvalue weighted by atomic mass is 16.5. The van der Waals surface area contributed by atoms with Crippen LogP contribution in [0.4, 0.5) is 4.79 Å². The average molecular weight is 252 g/mol. The zero-order valence-corrected chi connectivity index (χ0v) is 10.7. The summed E-state index contributed by atoms with van der Waals surface area (Å²) in [4.78, 5) is 25.5. The van der Waals surface area contributed by atoms with Crippen molar-refractivity contribution in [3.8, 4) is 0 Å². The Labute approximate surface area is 107 Å². The first-order valence-electron chi connectivity index (χ1n) is 6.52. The number of urea groups is 1. The molecule has 0 saturated carbocycles. The Morgan fingerprint density at radius 1 is 1.33 bits per heavy atom. The van der Waals surface area contributed by atoms with Gasteiger partial charge >= 0.3 is 12.0 Å². The van der Waals surface area contributed by atoms with Gasteiger partial charge in [-0.15, -0.1) is 0 Å². The van der Waals surface area contributed by atoms with Crippen molar-refractivity contribution in [2.75, 3.05) is 20.2 Å². The van der Waals surface area contributed by atoms with Crippen LogP contribution in [0.3, 0.4) is 0 Å². The van der Waals surface area contributed by atoms with Crippen LogP contribution in [-0.4, -0.2) is 43.1 Å². The molecule has 18 heavy (non-hydrogen) atoms. The molecule has 1 aliphatic heterocycles. The van der Waals surface area contributed by atoms with Gasteiger partial charge in [0.25, 0.3) is 0 Å². The van der Waals surface area contributed by atoms with E-state index in [2.05, 4.69) is 5.32 Å². The third-order valence-corrected chi connectivity index (χ3v) is 3.61. The molecule has 0 aromatic rings. The molecule has 0 spiro atoms. The molecule has 1 saturated heterocycles. The minimum Gasteiger partial charge on any atom is -0.469 e. The summed E-state index contributed by atoms with van der Waals surface area (Å²) in [7, 11) is 1.39. The highest BCUT2D eigenvalue weighted by Gasteiger charge is 2.31. The summed E-state index contributed by atoms with van der Waals surface area (Å²) in [5, 5.41) is 2.93. The van der Waals surface area contributed by atoms with Gasteiger partial charge in [-0.05, 0) is 25.7 Å². The summed E-state index contributed by atoms with van der Waals surface area (Å²) in [6.07, 6.45) is 7.63. The van der Waals surface area contributed by atoms with E-state index in [0.717, 1.165) is 38.8 Å². The summed E-state index contributed by atoms with van der Waals surface area (Å²) < 4.78 is 4.79. The topological polar surface area (TPSA) is 58.6 Å². The van der Waals surface area contributed by atoms with E-state index in [4.69, 9.17) is 4.74 Å².